The second-order valence-electron chi connectivity index (χ2n) is 4.04. The van der Waals surface area contributed by atoms with Crippen molar-refractivity contribution >= 4 is 11.6 Å². The van der Waals surface area contributed by atoms with Crippen molar-refractivity contribution in [2.45, 2.75) is 20.5 Å². The monoisotopic (exact) mass is 252 g/mol. The molecule has 1 amide bonds. The van der Waals surface area contributed by atoms with Gasteiger partial charge in [-0.2, -0.15) is 0 Å². The molecule has 0 saturated heterocycles. The lowest BCUT2D eigenvalue weighted by atomic mass is 10.1. The second-order valence-corrected chi connectivity index (χ2v) is 4.04. The third-order valence-corrected chi connectivity index (χ3v) is 2.60. The SMILES string of the molecule is CCOc1ccc(NC(=O)C(C)CN)cc1CO. The van der Waals surface area contributed by atoms with Crippen LogP contribution in [0.2, 0.25) is 0 Å². The zero-order valence-electron chi connectivity index (χ0n) is 10.8. The molecule has 0 heterocycles. The highest BCUT2D eigenvalue weighted by Gasteiger charge is 2.12. The van der Waals surface area contributed by atoms with Crippen molar-refractivity contribution in [2.75, 3.05) is 18.5 Å². The van der Waals surface area contributed by atoms with Crippen LogP contribution in [-0.2, 0) is 11.4 Å². The number of hydrogen-bond donors (Lipinski definition) is 3. The van der Waals surface area contributed by atoms with Crippen molar-refractivity contribution in [3.8, 4) is 5.75 Å². The number of rotatable bonds is 6. The number of carbonyl (C=O) groups is 1. The molecule has 5 heteroatoms. The van der Waals surface area contributed by atoms with E-state index in [9.17, 15) is 9.90 Å². The van der Waals surface area contributed by atoms with E-state index < -0.39 is 0 Å². The smallest absolute Gasteiger partial charge is 0.228 e. The van der Waals surface area contributed by atoms with E-state index in [1.807, 2.05) is 6.92 Å². The van der Waals surface area contributed by atoms with Crippen molar-refractivity contribution in [3.63, 3.8) is 0 Å². The first-order valence-electron chi connectivity index (χ1n) is 5.99. The molecule has 0 aliphatic carbocycles. The Bertz CT molecular complexity index is 407. The highest BCUT2D eigenvalue weighted by atomic mass is 16.5. The zero-order chi connectivity index (χ0) is 13.5. The minimum absolute atomic E-state index is 0.133. The maximum Gasteiger partial charge on any atom is 0.228 e. The number of ether oxygens (including phenoxy) is 1. The average Bonchev–Trinajstić information content (AvgIpc) is 2.39. The largest absolute Gasteiger partial charge is 0.494 e. The third kappa shape index (κ3) is 3.72. The molecule has 5 nitrogen and oxygen atoms in total. The Balaban J connectivity index is 2.82. The van der Waals surface area contributed by atoms with Crippen LogP contribution in [0.1, 0.15) is 19.4 Å². The number of nitrogens with two attached hydrogens (primary N) is 1. The molecule has 0 aliphatic rings. The van der Waals surface area contributed by atoms with Crippen LogP contribution in [0.15, 0.2) is 18.2 Å². The summed E-state index contributed by atoms with van der Waals surface area (Å²) < 4.78 is 5.36. The summed E-state index contributed by atoms with van der Waals surface area (Å²) in [5.74, 6) is 0.254. The van der Waals surface area contributed by atoms with E-state index in [0.29, 0.717) is 30.2 Å². The van der Waals surface area contributed by atoms with Gasteiger partial charge in [-0.05, 0) is 25.1 Å². The second kappa shape index (κ2) is 6.98. The molecule has 1 aromatic carbocycles. The molecular weight excluding hydrogens is 232 g/mol. The molecular formula is C13H20N2O3. The van der Waals surface area contributed by atoms with Crippen LogP contribution in [0.25, 0.3) is 0 Å². The van der Waals surface area contributed by atoms with Gasteiger partial charge in [-0.25, -0.2) is 0 Å². The molecule has 1 atom stereocenters. The van der Waals surface area contributed by atoms with Gasteiger partial charge in [0.25, 0.3) is 0 Å². The minimum atomic E-state index is -0.242. The fraction of sp³-hybridized carbons (Fsp3) is 0.462. The number of hydrogen-bond acceptors (Lipinski definition) is 4. The van der Waals surface area contributed by atoms with E-state index in [0.717, 1.165) is 0 Å². The van der Waals surface area contributed by atoms with Crippen molar-refractivity contribution in [1.29, 1.82) is 0 Å². The van der Waals surface area contributed by atoms with Gasteiger partial charge in [0.05, 0.1) is 13.2 Å². The number of amides is 1. The summed E-state index contributed by atoms with van der Waals surface area (Å²) in [6.45, 7) is 4.33. The Morgan fingerprint density at radius 3 is 2.83 bits per heavy atom. The molecule has 0 saturated carbocycles. The van der Waals surface area contributed by atoms with Crippen LogP contribution in [0.5, 0.6) is 5.75 Å². The van der Waals surface area contributed by atoms with Gasteiger partial charge in [-0.3, -0.25) is 4.79 Å². The minimum Gasteiger partial charge on any atom is -0.494 e. The molecule has 0 spiro atoms. The van der Waals surface area contributed by atoms with Gasteiger partial charge in [0, 0.05) is 23.7 Å². The van der Waals surface area contributed by atoms with Crippen molar-refractivity contribution in [1.82, 2.24) is 0 Å². The van der Waals surface area contributed by atoms with Gasteiger partial charge in [-0.15, -0.1) is 0 Å². The fourth-order valence-electron chi connectivity index (χ4n) is 1.45. The van der Waals surface area contributed by atoms with Gasteiger partial charge >= 0.3 is 0 Å². The van der Waals surface area contributed by atoms with Gasteiger partial charge in [0.15, 0.2) is 0 Å². The number of aliphatic hydroxyl groups excluding tert-OH is 1. The van der Waals surface area contributed by atoms with Crippen LogP contribution in [0.3, 0.4) is 0 Å². The van der Waals surface area contributed by atoms with Crippen molar-refractivity contribution in [3.05, 3.63) is 23.8 Å². The summed E-state index contributed by atoms with van der Waals surface area (Å²) in [7, 11) is 0. The van der Waals surface area contributed by atoms with E-state index >= 15 is 0 Å². The standard InChI is InChI=1S/C13H20N2O3/c1-3-18-12-5-4-11(6-10(12)8-16)15-13(17)9(2)7-14/h4-6,9,16H,3,7-8,14H2,1-2H3,(H,15,17). The number of benzene rings is 1. The third-order valence-electron chi connectivity index (χ3n) is 2.60. The number of carbonyl (C=O) groups excluding carboxylic acids is 1. The van der Waals surface area contributed by atoms with E-state index in [2.05, 4.69) is 5.32 Å². The lowest BCUT2D eigenvalue weighted by Crippen LogP contribution is -2.26. The summed E-state index contributed by atoms with van der Waals surface area (Å²) in [5, 5.41) is 12.0. The van der Waals surface area contributed by atoms with Gasteiger partial charge in [-0.1, -0.05) is 6.92 Å². The first-order chi connectivity index (χ1) is 8.62. The summed E-state index contributed by atoms with van der Waals surface area (Å²) in [4.78, 5) is 11.7. The molecule has 100 valence electrons. The van der Waals surface area contributed by atoms with Crippen LogP contribution in [0, 0.1) is 5.92 Å². The Morgan fingerprint density at radius 2 is 2.28 bits per heavy atom. The van der Waals surface area contributed by atoms with Crippen LogP contribution in [0.4, 0.5) is 5.69 Å². The molecule has 0 bridgehead atoms. The predicted octanol–water partition coefficient (Wildman–Crippen LogP) is 1.11. The number of anilines is 1. The zero-order valence-corrected chi connectivity index (χ0v) is 10.8. The first-order valence-corrected chi connectivity index (χ1v) is 5.99. The Hall–Kier alpha value is -1.59. The van der Waals surface area contributed by atoms with Crippen LogP contribution >= 0.6 is 0 Å². The molecule has 1 unspecified atom stereocenters. The topological polar surface area (TPSA) is 84.6 Å². The van der Waals surface area contributed by atoms with Crippen molar-refractivity contribution < 1.29 is 14.6 Å². The fourth-order valence-corrected chi connectivity index (χ4v) is 1.45. The first kappa shape index (κ1) is 14.5. The Morgan fingerprint density at radius 1 is 1.56 bits per heavy atom. The average molecular weight is 252 g/mol. The molecule has 4 N–H and O–H groups in total. The van der Waals surface area contributed by atoms with E-state index in [4.69, 9.17) is 10.5 Å². The van der Waals surface area contributed by atoms with Crippen LogP contribution in [-0.4, -0.2) is 24.2 Å². The number of nitrogens with one attached hydrogen (secondary N) is 1. The molecule has 0 radical (unpaired) electrons. The highest BCUT2D eigenvalue weighted by Crippen LogP contribution is 2.23. The molecule has 0 aliphatic heterocycles. The highest BCUT2D eigenvalue weighted by molar-refractivity contribution is 5.92. The molecule has 0 fully saturated rings. The summed E-state index contributed by atoms with van der Waals surface area (Å²) in [6, 6.07) is 5.18. The molecule has 0 aromatic heterocycles. The van der Waals surface area contributed by atoms with E-state index in [1.54, 1.807) is 25.1 Å². The van der Waals surface area contributed by atoms with Gasteiger partial charge < -0.3 is 20.9 Å². The van der Waals surface area contributed by atoms with Crippen LogP contribution < -0.4 is 15.8 Å². The Kier molecular flexibility index (Phi) is 5.61. The lowest BCUT2D eigenvalue weighted by molar-refractivity contribution is -0.119. The summed E-state index contributed by atoms with van der Waals surface area (Å²) >= 11 is 0. The predicted molar refractivity (Wildman–Crippen MR) is 70.4 cm³/mol. The summed E-state index contributed by atoms with van der Waals surface area (Å²) in [6.07, 6.45) is 0. The van der Waals surface area contributed by atoms with Gasteiger partial charge in [0.2, 0.25) is 5.91 Å². The summed E-state index contributed by atoms with van der Waals surface area (Å²) in [5.41, 5.74) is 6.71. The Labute approximate surface area is 107 Å². The number of aliphatic hydroxyl groups is 1. The molecule has 18 heavy (non-hydrogen) atoms. The molecule has 1 aromatic rings. The maximum absolute atomic E-state index is 11.7. The maximum atomic E-state index is 11.7. The lowest BCUT2D eigenvalue weighted by Gasteiger charge is -2.13. The normalized spacial score (nSPS) is 12.0. The van der Waals surface area contributed by atoms with Crippen molar-refractivity contribution in [2.24, 2.45) is 11.7 Å². The van der Waals surface area contributed by atoms with E-state index in [-0.39, 0.29) is 18.4 Å². The molecule has 1 rings (SSSR count). The van der Waals surface area contributed by atoms with E-state index in [1.165, 1.54) is 0 Å². The quantitative estimate of drug-likeness (QED) is 0.708. The van der Waals surface area contributed by atoms with Gasteiger partial charge in [0.1, 0.15) is 5.75 Å².